The largest absolute Gasteiger partial charge is 0.442 e. The highest BCUT2D eigenvalue weighted by molar-refractivity contribution is 7.98. The second kappa shape index (κ2) is 10.7. The Morgan fingerprint density at radius 2 is 1.83 bits per heavy atom. The summed E-state index contributed by atoms with van der Waals surface area (Å²) in [4.78, 5) is 33.8. The summed E-state index contributed by atoms with van der Waals surface area (Å²) >= 11 is 1.69. The summed E-state index contributed by atoms with van der Waals surface area (Å²) in [5, 5.41) is 3.62. The summed E-state index contributed by atoms with van der Waals surface area (Å²) in [7, 11) is 0. The molecule has 4 aromatic rings. The zero-order valence-electron chi connectivity index (χ0n) is 19.7. The first-order chi connectivity index (χ1) is 17.6. The third kappa shape index (κ3) is 5.41. The minimum Gasteiger partial charge on any atom is -0.442 e. The van der Waals surface area contributed by atoms with Gasteiger partial charge in [-0.3, -0.25) is 14.3 Å². The number of thioether (sulfide) groups is 1. The molecule has 0 spiro atoms. The van der Waals surface area contributed by atoms with Crippen LogP contribution in [0.1, 0.15) is 12.5 Å². The molecule has 182 valence electrons. The van der Waals surface area contributed by atoms with Gasteiger partial charge in [-0.2, -0.15) is 0 Å². The van der Waals surface area contributed by atoms with Crippen molar-refractivity contribution < 1.29 is 14.3 Å². The number of amides is 2. The van der Waals surface area contributed by atoms with Gasteiger partial charge in [-0.15, -0.1) is 0 Å². The molecule has 2 aromatic heterocycles. The minimum absolute atomic E-state index is 0.157. The Morgan fingerprint density at radius 3 is 2.56 bits per heavy atom. The third-order valence-electron chi connectivity index (χ3n) is 5.77. The number of imidazole rings is 1. The van der Waals surface area contributed by atoms with Crippen LogP contribution in [0.4, 0.5) is 10.6 Å². The molecule has 1 saturated heterocycles. The van der Waals surface area contributed by atoms with E-state index < -0.39 is 6.09 Å². The Hall–Kier alpha value is -4.11. The molecule has 1 N–H and O–H groups in total. The molecule has 5 rings (SSSR count). The fourth-order valence-electron chi connectivity index (χ4n) is 3.91. The van der Waals surface area contributed by atoms with E-state index in [1.807, 2.05) is 42.7 Å². The van der Waals surface area contributed by atoms with Crippen molar-refractivity contribution in [1.82, 2.24) is 19.9 Å². The lowest BCUT2D eigenvalue weighted by atomic mass is 10.1. The van der Waals surface area contributed by atoms with Gasteiger partial charge in [-0.25, -0.2) is 14.8 Å². The smallest absolute Gasteiger partial charge is 0.416 e. The maximum Gasteiger partial charge on any atom is 0.416 e. The lowest BCUT2D eigenvalue weighted by molar-refractivity contribution is -0.119. The Balaban J connectivity index is 1.20. The summed E-state index contributed by atoms with van der Waals surface area (Å²) in [6.07, 6.45) is 4.70. The van der Waals surface area contributed by atoms with E-state index >= 15 is 0 Å². The number of hydrogen-bond acceptors (Lipinski definition) is 6. The van der Waals surface area contributed by atoms with Crippen LogP contribution in [0.3, 0.4) is 0 Å². The van der Waals surface area contributed by atoms with Crippen molar-refractivity contribution in [3.8, 4) is 16.8 Å². The van der Waals surface area contributed by atoms with E-state index in [1.165, 1.54) is 17.4 Å². The topological polar surface area (TPSA) is 89.4 Å². The first kappa shape index (κ1) is 23.6. The molecule has 9 heteroatoms. The predicted octanol–water partition coefficient (Wildman–Crippen LogP) is 4.69. The van der Waals surface area contributed by atoms with Gasteiger partial charge in [0.25, 0.3) is 0 Å². The Morgan fingerprint density at radius 1 is 1.06 bits per heavy atom. The summed E-state index contributed by atoms with van der Waals surface area (Å²) in [5.41, 5.74) is 4.29. The lowest BCUT2D eigenvalue weighted by Crippen LogP contribution is -2.33. The van der Waals surface area contributed by atoms with Gasteiger partial charge in [-0.1, -0.05) is 54.2 Å². The first-order valence-corrected chi connectivity index (χ1v) is 12.5. The van der Waals surface area contributed by atoms with E-state index in [2.05, 4.69) is 56.3 Å². The van der Waals surface area contributed by atoms with E-state index in [9.17, 15) is 9.59 Å². The number of carbonyl (C=O) groups excluding carboxylic acids is 2. The predicted molar refractivity (Wildman–Crippen MR) is 139 cm³/mol. The number of hydrogen-bond donors (Lipinski definition) is 1. The van der Waals surface area contributed by atoms with Crippen molar-refractivity contribution in [2.45, 2.75) is 23.9 Å². The van der Waals surface area contributed by atoms with Crippen LogP contribution in [0.2, 0.25) is 0 Å². The zero-order chi connectivity index (χ0) is 24.9. The average molecular weight is 500 g/mol. The van der Waals surface area contributed by atoms with Gasteiger partial charge in [0.1, 0.15) is 11.9 Å². The van der Waals surface area contributed by atoms with Gasteiger partial charge in [0.2, 0.25) is 5.91 Å². The molecule has 1 aliphatic heterocycles. The van der Waals surface area contributed by atoms with E-state index in [1.54, 1.807) is 18.0 Å². The van der Waals surface area contributed by atoms with E-state index in [0.29, 0.717) is 12.4 Å². The highest BCUT2D eigenvalue weighted by atomic mass is 32.2. The molecule has 1 fully saturated rings. The summed E-state index contributed by atoms with van der Waals surface area (Å²) in [6, 6.07) is 22.3. The number of rotatable bonds is 8. The molecule has 0 radical (unpaired) electrons. The highest BCUT2D eigenvalue weighted by Crippen LogP contribution is 2.27. The molecule has 3 heterocycles. The number of cyclic esters (lactones) is 1. The van der Waals surface area contributed by atoms with Gasteiger partial charge in [0.15, 0.2) is 5.16 Å². The van der Waals surface area contributed by atoms with Crippen LogP contribution < -0.4 is 10.2 Å². The zero-order valence-corrected chi connectivity index (χ0v) is 20.5. The quantitative estimate of drug-likeness (QED) is 0.354. The van der Waals surface area contributed by atoms with Crippen molar-refractivity contribution in [1.29, 1.82) is 0 Å². The van der Waals surface area contributed by atoms with Gasteiger partial charge in [0, 0.05) is 42.5 Å². The fourth-order valence-corrected chi connectivity index (χ4v) is 4.84. The van der Waals surface area contributed by atoms with Crippen LogP contribution in [-0.4, -0.2) is 45.7 Å². The first-order valence-electron chi connectivity index (χ1n) is 11.6. The van der Waals surface area contributed by atoms with Crippen molar-refractivity contribution in [3.05, 3.63) is 90.9 Å². The number of aromatic nitrogens is 3. The lowest BCUT2D eigenvalue weighted by Gasteiger charge is -2.12. The second-order valence-corrected chi connectivity index (χ2v) is 9.30. The summed E-state index contributed by atoms with van der Waals surface area (Å²) in [6.45, 7) is 2.07. The molecule has 1 atom stereocenters. The number of pyridine rings is 1. The maximum atomic E-state index is 12.2. The molecule has 0 aliphatic carbocycles. The molecule has 2 amide bonds. The van der Waals surface area contributed by atoms with E-state index in [4.69, 9.17) is 4.74 Å². The summed E-state index contributed by atoms with van der Waals surface area (Å²) < 4.78 is 7.40. The van der Waals surface area contributed by atoms with Crippen LogP contribution in [0.25, 0.3) is 16.8 Å². The minimum atomic E-state index is -0.458. The van der Waals surface area contributed by atoms with E-state index in [0.717, 1.165) is 27.7 Å². The Bertz CT molecular complexity index is 1340. The Labute approximate surface area is 213 Å². The van der Waals surface area contributed by atoms with Gasteiger partial charge >= 0.3 is 6.09 Å². The van der Waals surface area contributed by atoms with Crippen molar-refractivity contribution in [2.75, 3.05) is 18.0 Å². The van der Waals surface area contributed by atoms with Crippen molar-refractivity contribution in [2.24, 2.45) is 0 Å². The van der Waals surface area contributed by atoms with Crippen LogP contribution in [0.5, 0.6) is 0 Å². The number of nitrogens with zero attached hydrogens (tertiary/aromatic N) is 4. The molecule has 0 saturated carbocycles. The molecule has 0 unspecified atom stereocenters. The number of para-hydroxylation sites is 1. The van der Waals surface area contributed by atoms with Crippen LogP contribution in [0, 0.1) is 0 Å². The second-order valence-electron chi connectivity index (χ2n) is 8.36. The maximum absolute atomic E-state index is 12.2. The number of ether oxygens (including phenoxy) is 1. The SMILES string of the molecule is CC(=O)NC[C@H]1CN(c2ccc(-c3ccc(CSc4nccn4-c4ccccc4)cc3)cn2)C(=O)O1. The monoisotopic (exact) mass is 499 g/mol. The van der Waals surface area contributed by atoms with Gasteiger partial charge in [0.05, 0.1) is 13.1 Å². The standard InChI is InChI=1S/C27H25N5O3S/c1-19(33)29-16-24-17-32(27(34)35-24)25-12-11-22(15-30-25)21-9-7-20(8-10-21)18-36-26-28-13-14-31(26)23-5-3-2-4-6-23/h2-15,24H,16-18H2,1H3,(H,29,33)/t24-/m0/s1. The molecule has 8 nitrogen and oxygen atoms in total. The van der Waals surface area contributed by atoms with Gasteiger partial charge < -0.3 is 10.1 Å². The molecule has 36 heavy (non-hydrogen) atoms. The average Bonchev–Trinajstić information content (AvgIpc) is 3.53. The highest BCUT2D eigenvalue weighted by Gasteiger charge is 2.33. The number of anilines is 1. The van der Waals surface area contributed by atoms with Crippen LogP contribution >= 0.6 is 11.8 Å². The van der Waals surface area contributed by atoms with E-state index in [-0.39, 0.29) is 18.6 Å². The number of benzene rings is 2. The molecule has 0 bridgehead atoms. The molecular formula is C27H25N5O3S. The Kier molecular flexibility index (Phi) is 6.99. The third-order valence-corrected chi connectivity index (χ3v) is 6.81. The van der Waals surface area contributed by atoms with Crippen LogP contribution in [0.15, 0.2) is 90.5 Å². The normalized spacial score (nSPS) is 15.1. The number of nitrogens with one attached hydrogen (secondary N) is 1. The van der Waals surface area contributed by atoms with Crippen molar-refractivity contribution in [3.63, 3.8) is 0 Å². The fraction of sp³-hybridized carbons (Fsp3) is 0.185. The number of carbonyl (C=O) groups is 2. The van der Waals surface area contributed by atoms with Crippen molar-refractivity contribution >= 4 is 29.6 Å². The molecular weight excluding hydrogens is 474 g/mol. The molecule has 1 aliphatic rings. The van der Waals surface area contributed by atoms with Crippen LogP contribution in [-0.2, 0) is 15.3 Å². The summed E-state index contributed by atoms with van der Waals surface area (Å²) in [5.74, 6) is 1.17. The van der Waals surface area contributed by atoms with Gasteiger partial charge in [-0.05, 0) is 35.4 Å². The molecule has 2 aromatic carbocycles.